The van der Waals surface area contributed by atoms with Crippen molar-refractivity contribution in [2.75, 3.05) is 12.8 Å². The van der Waals surface area contributed by atoms with Gasteiger partial charge in [0, 0.05) is 17.7 Å². The van der Waals surface area contributed by atoms with Crippen molar-refractivity contribution in [3.8, 4) is 0 Å². The fourth-order valence-electron chi connectivity index (χ4n) is 1.36. The maximum atomic E-state index is 11.8. The van der Waals surface area contributed by atoms with Crippen LogP contribution in [0.15, 0.2) is 24.3 Å². The number of anilines is 1. The van der Waals surface area contributed by atoms with Crippen LogP contribution in [-0.4, -0.2) is 29.9 Å². The standard InChI is InChI=1S/C11H14N2O3.C2H6/c1-13-9(11(15)16)6-10(14)7-4-2-3-5-8(7)12;1-2/h2-5,9,13H,6,12H2,1H3,(H,15,16);1-2H3. The minimum atomic E-state index is -1.05. The van der Waals surface area contributed by atoms with Gasteiger partial charge in [-0.1, -0.05) is 26.0 Å². The van der Waals surface area contributed by atoms with Crippen molar-refractivity contribution in [1.29, 1.82) is 0 Å². The van der Waals surface area contributed by atoms with Crippen molar-refractivity contribution in [3.05, 3.63) is 29.8 Å². The lowest BCUT2D eigenvalue weighted by Crippen LogP contribution is -2.36. The highest BCUT2D eigenvalue weighted by atomic mass is 16.4. The van der Waals surface area contributed by atoms with E-state index in [1.807, 2.05) is 13.8 Å². The van der Waals surface area contributed by atoms with Gasteiger partial charge in [-0.15, -0.1) is 0 Å². The summed E-state index contributed by atoms with van der Waals surface area (Å²) in [6, 6.07) is 5.73. The van der Waals surface area contributed by atoms with Gasteiger partial charge in [0.15, 0.2) is 5.78 Å². The summed E-state index contributed by atoms with van der Waals surface area (Å²) in [6.45, 7) is 4.00. The van der Waals surface area contributed by atoms with Gasteiger partial charge in [0.1, 0.15) is 6.04 Å². The zero-order valence-electron chi connectivity index (χ0n) is 10.9. The lowest BCUT2D eigenvalue weighted by Gasteiger charge is -2.10. The van der Waals surface area contributed by atoms with E-state index < -0.39 is 12.0 Å². The van der Waals surface area contributed by atoms with E-state index >= 15 is 0 Å². The summed E-state index contributed by atoms with van der Waals surface area (Å²) in [5.41, 5.74) is 6.36. The summed E-state index contributed by atoms with van der Waals surface area (Å²) >= 11 is 0. The van der Waals surface area contributed by atoms with Crippen LogP contribution in [0.4, 0.5) is 5.69 Å². The number of aliphatic carboxylic acids is 1. The zero-order chi connectivity index (χ0) is 14.1. The topological polar surface area (TPSA) is 92.4 Å². The molecule has 0 amide bonds. The maximum Gasteiger partial charge on any atom is 0.321 e. The molecular formula is C13H20N2O3. The molecular weight excluding hydrogens is 232 g/mol. The molecule has 5 heteroatoms. The molecule has 18 heavy (non-hydrogen) atoms. The van der Waals surface area contributed by atoms with Crippen molar-refractivity contribution >= 4 is 17.4 Å². The Labute approximate surface area is 107 Å². The molecule has 0 radical (unpaired) electrons. The number of para-hydroxylation sites is 1. The first kappa shape index (κ1) is 16.1. The SMILES string of the molecule is CC.CNC(CC(=O)c1ccccc1N)C(=O)O. The van der Waals surface area contributed by atoms with Gasteiger partial charge in [-0.25, -0.2) is 0 Å². The largest absolute Gasteiger partial charge is 0.480 e. The number of carbonyl (C=O) groups excluding carboxylic acids is 1. The Bertz CT molecular complexity index is 405. The Morgan fingerprint density at radius 1 is 1.33 bits per heavy atom. The fourth-order valence-corrected chi connectivity index (χ4v) is 1.36. The van der Waals surface area contributed by atoms with Crippen LogP contribution in [-0.2, 0) is 4.79 Å². The number of ketones is 1. The number of carbonyl (C=O) groups is 2. The summed E-state index contributed by atoms with van der Waals surface area (Å²) in [6.07, 6.45) is -0.111. The minimum absolute atomic E-state index is 0.111. The Morgan fingerprint density at radius 2 is 1.89 bits per heavy atom. The zero-order valence-corrected chi connectivity index (χ0v) is 10.9. The molecule has 1 aromatic carbocycles. The molecule has 1 unspecified atom stereocenters. The maximum absolute atomic E-state index is 11.8. The number of carboxylic acids is 1. The van der Waals surface area contributed by atoms with Gasteiger partial charge in [-0.05, 0) is 19.2 Å². The molecule has 0 fully saturated rings. The van der Waals surface area contributed by atoms with Crippen LogP contribution in [0.3, 0.4) is 0 Å². The Morgan fingerprint density at radius 3 is 2.33 bits per heavy atom. The molecule has 1 atom stereocenters. The van der Waals surface area contributed by atoms with E-state index in [0.29, 0.717) is 11.3 Å². The number of hydrogen-bond donors (Lipinski definition) is 3. The van der Waals surface area contributed by atoms with Gasteiger partial charge < -0.3 is 16.2 Å². The molecule has 0 aliphatic rings. The fraction of sp³-hybridized carbons (Fsp3) is 0.385. The highest BCUT2D eigenvalue weighted by Crippen LogP contribution is 2.13. The highest BCUT2D eigenvalue weighted by molar-refractivity contribution is 6.02. The van der Waals surface area contributed by atoms with Gasteiger partial charge in [-0.2, -0.15) is 0 Å². The lowest BCUT2D eigenvalue weighted by atomic mass is 10.0. The molecule has 0 aliphatic carbocycles. The van der Waals surface area contributed by atoms with Gasteiger partial charge in [0.2, 0.25) is 0 Å². The Kier molecular flexibility index (Phi) is 7.38. The van der Waals surface area contributed by atoms with E-state index in [9.17, 15) is 9.59 Å². The molecule has 1 rings (SSSR count). The Hall–Kier alpha value is -1.88. The molecule has 0 aliphatic heterocycles. The highest BCUT2D eigenvalue weighted by Gasteiger charge is 2.20. The predicted octanol–water partition coefficient (Wildman–Crippen LogP) is 1.54. The second-order valence-corrected chi connectivity index (χ2v) is 3.39. The first-order valence-corrected chi connectivity index (χ1v) is 5.84. The van der Waals surface area contributed by atoms with Crippen LogP contribution in [0.25, 0.3) is 0 Å². The van der Waals surface area contributed by atoms with Crippen LogP contribution in [0.1, 0.15) is 30.6 Å². The third-order valence-corrected chi connectivity index (χ3v) is 2.30. The van der Waals surface area contributed by atoms with Crippen molar-refractivity contribution in [1.82, 2.24) is 5.32 Å². The molecule has 0 saturated heterocycles. The average molecular weight is 252 g/mol. The van der Waals surface area contributed by atoms with Crippen molar-refractivity contribution in [2.45, 2.75) is 26.3 Å². The van der Waals surface area contributed by atoms with Crippen LogP contribution in [0.2, 0.25) is 0 Å². The number of rotatable bonds is 5. The van der Waals surface area contributed by atoms with Gasteiger partial charge in [0.05, 0.1) is 0 Å². The smallest absolute Gasteiger partial charge is 0.321 e. The second-order valence-electron chi connectivity index (χ2n) is 3.39. The number of benzene rings is 1. The lowest BCUT2D eigenvalue weighted by molar-refractivity contribution is -0.139. The monoisotopic (exact) mass is 252 g/mol. The van der Waals surface area contributed by atoms with E-state index in [0.717, 1.165) is 0 Å². The molecule has 0 spiro atoms. The summed E-state index contributed by atoms with van der Waals surface area (Å²) < 4.78 is 0. The van der Waals surface area contributed by atoms with Crippen molar-refractivity contribution < 1.29 is 14.7 Å². The number of nitrogen functional groups attached to an aromatic ring is 1. The number of carboxylic acid groups (broad SMARTS) is 1. The predicted molar refractivity (Wildman–Crippen MR) is 71.6 cm³/mol. The number of Topliss-reactive ketones (excluding diaryl/α,β-unsaturated/α-hetero) is 1. The molecule has 0 bridgehead atoms. The first-order valence-electron chi connectivity index (χ1n) is 5.84. The summed E-state index contributed by atoms with van der Waals surface area (Å²) in [5.74, 6) is -1.33. The third kappa shape index (κ3) is 4.55. The quantitative estimate of drug-likeness (QED) is 0.546. The molecule has 0 heterocycles. The van der Waals surface area contributed by atoms with Crippen molar-refractivity contribution in [3.63, 3.8) is 0 Å². The third-order valence-electron chi connectivity index (χ3n) is 2.30. The number of hydrogen-bond acceptors (Lipinski definition) is 4. The van der Waals surface area contributed by atoms with Gasteiger partial charge in [-0.3, -0.25) is 9.59 Å². The van der Waals surface area contributed by atoms with Crippen LogP contribution < -0.4 is 11.1 Å². The Balaban J connectivity index is 0.00000137. The summed E-state index contributed by atoms with van der Waals surface area (Å²) in [7, 11) is 1.50. The molecule has 4 N–H and O–H groups in total. The first-order chi connectivity index (χ1) is 8.56. The average Bonchev–Trinajstić information content (AvgIpc) is 2.38. The number of nitrogens with one attached hydrogen (secondary N) is 1. The van der Waals surface area contributed by atoms with E-state index in [4.69, 9.17) is 10.8 Å². The van der Waals surface area contributed by atoms with E-state index in [1.165, 1.54) is 7.05 Å². The number of nitrogens with two attached hydrogens (primary N) is 1. The number of likely N-dealkylation sites (N-methyl/N-ethyl adjacent to an activating group) is 1. The molecule has 5 nitrogen and oxygen atoms in total. The van der Waals surface area contributed by atoms with Gasteiger partial charge >= 0.3 is 5.97 Å². The molecule has 1 aromatic rings. The second kappa shape index (κ2) is 8.25. The minimum Gasteiger partial charge on any atom is -0.480 e. The summed E-state index contributed by atoms with van der Waals surface area (Å²) in [5, 5.41) is 11.4. The normalized spacial score (nSPS) is 11.1. The van der Waals surface area contributed by atoms with E-state index in [2.05, 4.69) is 5.32 Å². The molecule has 0 saturated carbocycles. The molecule has 100 valence electrons. The van der Waals surface area contributed by atoms with Crippen LogP contribution >= 0.6 is 0 Å². The van der Waals surface area contributed by atoms with Crippen LogP contribution in [0.5, 0.6) is 0 Å². The van der Waals surface area contributed by atoms with Gasteiger partial charge in [0.25, 0.3) is 0 Å². The molecule has 0 aromatic heterocycles. The van der Waals surface area contributed by atoms with E-state index in [1.54, 1.807) is 24.3 Å². The van der Waals surface area contributed by atoms with Crippen molar-refractivity contribution in [2.24, 2.45) is 0 Å². The van der Waals surface area contributed by atoms with E-state index in [-0.39, 0.29) is 12.2 Å². The van der Waals surface area contributed by atoms with Crippen LogP contribution in [0, 0.1) is 0 Å². The summed E-state index contributed by atoms with van der Waals surface area (Å²) in [4.78, 5) is 22.5.